The van der Waals surface area contributed by atoms with E-state index in [2.05, 4.69) is 10.4 Å². The van der Waals surface area contributed by atoms with Gasteiger partial charge in [0.25, 0.3) is 0 Å². The predicted molar refractivity (Wildman–Crippen MR) is 105 cm³/mol. The number of rotatable bonds is 4. The molecule has 0 aliphatic carbocycles. The van der Waals surface area contributed by atoms with Gasteiger partial charge in [0, 0.05) is 5.69 Å². The van der Waals surface area contributed by atoms with E-state index in [1.54, 1.807) is 4.68 Å². The summed E-state index contributed by atoms with van der Waals surface area (Å²) in [5, 5.41) is 6.79. The Balaban J connectivity index is 1.84. The molecule has 152 valence electrons. The smallest absolute Gasteiger partial charge is 0.314 e. The molecule has 2 heterocycles. The van der Waals surface area contributed by atoms with E-state index in [-0.39, 0.29) is 34.2 Å². The van der Waals surface area contributed by atoms with Crippen LogP contribution >= 0.6 is 11.6 Å². The Kier molecular flexibility index (Phi) is 5.67. The monoisotopic (exact) mass is 428 g/mol. The number of hydrogen-bond donors (Lipinski definition) is 1. The van der Waals surface area contributed by atoms with Crippen LogP contribution in [0.25, 0.3) is 0 Å². The first-order valence-corrected chi connectivity index (χ1v) is 10.9. The highest BCUT2D eigenvalue weighted by atomic mass is 35.5. The fourth-order valence-electron chi connectivity index (χ4n) is 3.21. The van der Waals surface area contributed by atoms with Crippen LogP contribution in [0.15, 0.2) is 29.3 Å². The second kappa shape index (κ2) is 7.71. The topological polar surface area (TPSA) is 84.3 Å². The van der Waals surface area contributed by atoms with E-state index in [9.17, 15) is 17.6 Å². The number of halogens is 2. The van der Waals surface area contributed by atoms with Gasteiger partial charge in [-0.3, -0.25) is 4.68 Å². The maximum absolute atomic E-state index is 13.3. The maximum Gasteiger partial charge on any atom is 0.322 e. The minimum absolute atomic E-state index is 0.0154. The predicted octanol–water partition coefficient (Wildman–Crippen LogP) is 3.54. The number of anilines is 1. The van der Waals surface area contributed by atoms with Crippen LogP contribution in [0, 0.1) is 11.7 Å². The Hall–Kier alpha value is -2.13. The lowest BCUT2D eigenvalue weighted by Crippen LogP contribution is -2.47. The van der Waals surface area contributed by atoms with Crippen molar-refractivity contribution >= 4 is 33.2 Å². The molecule has 1 N–H and O–H groups in total. The van der Waals surface area contributed by atoms with Crippen LogP contribution in [0.5, 0.6) is 0 Å². The van der Waals surface area contributed by atoms with Gasteiger partial charge in [-0.2, -0.15) is 5.10 Å². The molecule has 1 aromatic carbocycles. The maximum atomic E-state index is 13.3. The Morgan fingerprint density at radius 3 is 2.79 bits per heavy atom. The summed E-state index contributed by atoms with van der Waals surface area (Å²) < 4.78 is 40.3. The van der Waals surface area contributed by atoms with Gasteiger partial charge < -0.3 is 10.2 Å². The number of fused-ring (bicyclic) bond motifs is 1. The van der Waals surface area contributed by atoms with Gasteiger partial charge in [-0.15, -0.1) is 0 Å². The van der Waals surface area contributed by atoms with Gasteiger partial charge in [0.1, 0.15) is 10.7 Å². The molecule has 0 fully saturated rings. The van der Waals surface area contributed by atoms with Crippen LogP contribution in [0.1, 0.15) is 26.5 Å². The molecule has 3 rings (SSSR count). The molecular formula is C18H22ClFN4O3S. The molecule has 28 heavy (non-hydrogen) atoms. The third kappa shape index (κ3) is 4.15. The first-order valence-electron chi connectivity index (χ1n) is 8.88. The van der Waals surface area contributed by atoms with E-state index in [4.69, 9.17) is 11.6 Å². The fraction of sp³-hybridized carbons (Fsp3) is 0.444. The number of carbonyl (C=O) groups excluding carboxylic acids is 1. The van der Waals surface area contributed by atoms with Gasteiger partial charge in [-0.05, 0) is 31.0 Å². The van der Waals surface area contributed by atoms with Crippen molar-refractivity contribution in [3.63, 3.8) is 0 Å². The van der Waals surface area contributed by atoms with E-state index in [0.29, 0.717) is 17.9 Å². The second-order valence-corrected chi connectivity index (χ2v) is 9.76. The van der Waals surface area contributed by atoms with Crippen molar-refractivity contribution < 1.29 is 17.6 Å². The lowest BCUT2D eigenvalue weighted by atomic mass is 10.2. The van der Waals surface area contributed by atoms with E-state index in [1.807, 2.05) is 20.8 Å². The van der Waals surface area contributed by atoms with E-state index in [0.717, 1.165) is 0 Å². The minimum Gasteiger partial charge on any atom is -0.314 e. The van der Waals surface area contributed by atoms with Crippen molar-refractivity contribution in [2.75, 3.05) is 11.1 Å². The summed E-state index contributed by atoms with van der Waals surface area (Å²) in [6.45, 7) is 6.01. The lowest BCUT2D eigenvalue weighted by Gasteiger charge is -2.34. The summed E-state index contributed by atoms with van der Waals surface area (Å²) in [4.78, 5) is 14.4. The van der Waals surface area contributed by atoms with Crippen molar-refractivity contribution in [1.29, 1.82) is 0 Å². The molecule has 1 atom stereocenters. The van der Waals surface area contributed by atoms with E-state index >= 15 is 0 Å². The van der Waals surface area contributed by atoms with Crippen molar-refractivity contribution in [3.8, 4) is 0 Å². The van der Waals surface area contributed by atoms with Gasteiger partial charge in [0.2, 0.25) is 0 Å². The first kappa shape index (κ1) is 20.6. The molecule has 1 unspecified atom stereocenters. The zero-order chi connectivity index (χ0) is 20.6. The highest BCUT2D eigenvalue weighted by Crippen LogP contribution is 2.26. The lowest BCUT2D eigenvalue weighted by molar-refractivity contribution is 0.160. The summed E-state index contributed by atoms with van der Waals surface area (Å²) in [6, 6.07) is 3.28. The summed E-state index contributed by atoms with van der Waals surface area (Å²) in [6.07, 6.45) is 1.36. The van der Waals surface area contributed by atoms with Crippen LogP contribution in [0.2, 0.25) is 5.02 Å². The van der Waals surface area contributed by atoms with E-state index in [1.165, 1.54) is 29.3 Å². The highest BCUT2D eigenvalue weighted by Gasteiger charge is 2.33. The van der Waals surface area contributed by atoms with Crippen molar-refractivity contribution in [2.45, 2.75) is 44.8 Å². The number of benzene rings is 1. The fourth-order valence-corrected chi connectivity index (χ4v) is 5.18. The molecular weight excluding hydrogens is 407 g/mol. The first-order chi connectivity index (χ1) is 13.1. The average Bonchev–Trinajstić information content (AvgIpc) is 2.99. The number of urea groups is 1. The molecule has 1 aliphatic rings. The molecule has 2 aromatic rings. The summed E-state index contributed by atoms with van der Waals surface area (Å²) in [7, 11) is -3.49. The summed E-state index contributed by atoms with van der Waals surface area (Å²) >= 11 is 5.76. The van der Waals surface area contributed by atoms with Crippen LogP contribution < -0.4 is 5.32 Å². The Labute approximate surface area is 168 Å². The number of hydrogen-bond acceptors (Lipinski definition) is 4. The second-order valence-electron chi connectivity index (χ2n) is 7.35. The minimum atomic E-state index is -3.49. The molecule has 1 aliphatic heterocycles. The largest absolute Gasteiger partial charge is 0.322 e. The Morgan fingerprint density at radius 2 is 2.14 bits per heavy atom. The van der Waals surface area contributed by atoms with Crippen molar-refractivity contribution in [1.82, 2.24) is 14.7 Å². The summed E-state index contributed by atoms with van der Waals surface area (Å²) in [5.74, 6) is -0.581. The average molecular weight is 429 g/mol. The molecule has 0 bridgehead atoms. The standard InChI is InChI=1S/C18H22ClFN4O3S/c1-11(2)10-28(26,27)17-7-21-24-8-12(3)23(9-16(17)24)18(25)22-13-4-5-15(20)14(19)6-13/h4-7,11-12H,8-10H2,1-3H3,(H,22,25). The van der Waals surface area contributed by atoms with Crippen LogP contribution in [0.4, 0.5) is 14.9 Å². The third-order valence-corrected chi connectivity index (χ3v) is 6.93. The number of nitrogens with one attached hydrogen (secondary N) is 1. The summed E-state index contributed by atoms with van der Waals surface area (Å²) in [5.41, 5.74) is 0.848. The van der Waals surface area contributed by atoms with Crippen LogP contribution in [0.3, 0.4) is 0 Å². The Bertz CT molecular complexity index is 1010. The number of nitrogens with zero attached hydrogens (tertiary/aromatic N) is 3. The molecule has 2 amide bonds. The van der Waals surface area contributed by atoms with Crippen molar-refractivity contribution in [2.24, 2.45) is 5.92 Å². The number of aromatic nitrogens is 2. The quantitative estimate of drug-likeness (QED) is 0.807. The van der Waals surface area contributed by atoms with Crippen molar-refractivity contribution in [3.05, 3.63) is 40.9 Å². The van der Waals surface area contributed by atoms with E-state index < -0.39 is 21.7 Å². The molecule has 7 nitrogen and oxygen atoms in total. The molecule has 0 saturated carbocycles. The molecule has 0 saturated heterocycles. The molecule has 1 aromatic heterocycles. The SMILES string of the molecule is CC(C)CS(=O)(=O)c1cnn2c1CN(C(=O)Nc1ccc(F)c(Cl)c1)C(C)C2. The van der Waals surface area contributed by atoms with Crippen LogP contribution in [-0.4, -0.2) is 40.9 Å². The van der Waals surface area contributed by atoms with Gasteiger partial charge >= 0.3 is 6.03 Å². The molecule has 0 spiro atoms. The van der Waals surface area contributed by atoms with Gasteiger partial charge in [0.15, 0.2) is 9.84 Å². The number of sulfone groups is 1. The molecule has 10 heteroatoms. The zero-order valence-electron chi connectivity index (χ0n) is 15.8. The van der Waals surface area contributed by atoms with Gasteiger partial charge in [-0.1, -0.05) is 25.4 Å². The van der Waals surface area contributed by atoms with Crippen LogP contribution in [-0.2, 0) is 22.9 Å². The van der Waals surface area contributed by atoms with Gasteiger partial charge in [0.05, 0.1) is 41.8 Å². The molecule has 0 radical (unpaired) electrons. The zero-order valence-corrected chi connectivity index (χ0v) is 17.4. The Morgan fingerprint density at radius 1 is 1.43 bits per heavy atom. The highest BCUT2D eigenvalue weighted by molar-refractivity contribution is 7.91. The van der Waals surface area contributed by atoms with Gasteiger partial charge in [-0.25, -0.2) is 17.6 Å². The number of carbonyl (C=O) groups is 1. The normalized spacial score (nSPS) is 16.9. The number of amides is 2. The third-order valence-electron chi connectivity index (χ3n) is 4.52.